The molecule has 7 N–H and O–H groups in total. The van der Waals surface area contributed by atoms with E-state index in [9.17, 15) is 9.90 Å². The number of hydrogen-bond acceptors (Lipinski definition) is 11. The minimum Gasteiger partial charge on any atom is -0.507 e. The first-order chi connectivity index (χ1) is 20.3. The maximum absolute atomic E-state index is 11.4. The van der Waals surface area contributed by atoms with Gasteiger partial charge < -0.3 is 41.3 Å². The molecule has 42 heavy (non-hydrogen) atoms. The van der Waals surface area contributed by atoms with Gasteiger partial charge in [0, 0.05) is 43.0 Å². The Balaban J connectivity index is 1.11. The summed E-state index contributed by atoms with van der Waals surface area (Å²) < 4.78 is 11.2. The molecule has 1 unspecified atom stereocenters. The van der Waals surface area contributed by atoms with Crippen molar-refractivity contribution >= 4 is 12.0 Å². The van der Waals surface area contributed by atoms with E-state index in [1.165, 1.54) is 0 Å². The summed E-state index contributed by atoms with van der Waals surface area (Å²) in [6, 6.07) is 9.32. The van der Waals surface area contributed by atoms with Gasteiger partial charge in [-0.3, -0.25) is 9.80 Å². The highest BCUT2D eigenvalue weighted by Gasteiger charge is 2.40. The number of phenols is 1. The summed E-state index contributed by atoms with van der Waals surface area (Å²) in [5, 5.41) is 21.3. The molecule has 4 heterocycles. The van der Waals surface area contributed by atoms with Gasteiger partial charge in [-0.05, 0) is 74.6 Å². The molecular weight excluding hydrogens is 534 g/mol. The van der Waals surface area contributed by atoms with Gasteiger partial charge in [0.1, 0.15) is 24.5 Å². The molecule has 2 saturated heterocycles. The van der Waals surface area contributed by atoms with Crippen molar-refractivity contribution in [3.05, 3.63) is 59.2 Å². The molecule has 3 aliphatic heterocycles. The van der Waals surface area contributed by atoms with Gasteiger partial charge in [-0.1, -0.05) is 26.0 Å². The molecule has 2 aromatic rings. The van der Waals surface area contributed by atoms with E-state index in [0.717, 1.165) is 76.9 Å². The summed E-state index contributed by atoms with van der Waals surface area (Å²) in [5.41, 5.74) is 14.4. The van der Waals surface area contributed by atoms with Crippen LogP contribution < -0.4 is 26.8 Å². The number of ether oxygens (including phenoxy) is 1. The molecule has 0 bridgehead atoms. The number of para-hydroxylation sites is 1. The first-order valence-electron chi connectivity index (χ1n) is 15.1. The lowest BCUT2D eigenvalue weighted by Crippen LogP contribution is -2.66. The van der Waals surface area contributed by atoms with Crippen LogP contribution in [0, 0.1) is 5.92 Å². The number of carbonyl (C=O) groups excluding carboxylic acids is 1. The Morgan fingerprint density at radius 1 is 1.29 bits per heavy atom. The molecule has 0 saturated carbocycles. The SMILES string of the molecule is CC(C)[C@@H](C=O)c1cc(OCCN2CCC(N3CCCC4(CNC(N)=C(/C=C(\N)c5ccccc5O)N4)C3)CC2)no1. The number of aromatic nitrogens is 1. The summed E-state index contributed by atoms with van der Waals surface area (Å²) in [7, 11) is 0. The minimum absolute atomic E-state index is 0.133. The van der Waals surface area contributed by atoms with Crippen LogP contribution in [0.5, 0.6) is 11.6 Å². The van der Waals surface area contributed by atoms with Gasteiger partial charge in [0.05, 0.1) is 17.2 Å². The highest BCUT2D eigenvalue weighted by atomic mass is 16.5. The minimum atomic E-state index is -0.305. The van der Waals surface area contributed by atoms with Crippen LogP contribution in [-0.4, -0.2) is 83.8 Å². The zero-order valence-electron chi connectivity index (χ0n) is 24.7. The summed E-state index contributed by atoms with van der Waals surface area (Å²) in [4.78, 5) is 16.4. The largest absolute Gasteiger partial charge is 0.507 e. The Bertz CT molecular complexity index is 1280. The second-order valence-electron chi connectivity index (χ2n) is 12.2. The molecule has 1 aromatic carbocycles. The van der Waals surface area contributed by atoms with E-state index in [1.807, 2.05) is 26.0 Å². The summed E-state index contributed by atoms with van der Waals surface area (Å²) >= 11 is 0. The number of hydrogen-bond donors (Lipinski definition) is 5. The van der Waals surface area contributed by atoms with E-state index in [-0.39, 0.29) is 23.1 Å². The van der Waals surface area contributed by atoms with Crippen molar-refractivity contribution in [3.8, 4) is 11.6 Å². The van der Waals surface area contributed by atoms with Crippen LogP contribution in [0.4, 0.5) is 0 Å². The van der Waals surface area contributed by atoms with Crippen molar-refractivity contribution in [2.75, 3.05) is 45.9 Å². The summed E-state index contributed by atoms with van der Waals surface area (Å²) in [6.07, 6.45) is 7.09. The fraction of sp³-hybridized carbons (Fsp3) is 0.548. The van der Waals surface area contributed by atoms with Crippen LogP contribution >= 0.6 is 0 Å². The molecule has 0 aliphatic carbocycles. The van der Waals surface area contributed by atoms with Gasteiger partial charge in [0.2, 0.25) is 0 Å². The quantitative estimate of drug-likeness (QED) is 0.263. The Morgan fingerprint density at radius 3 is 2.81 bits per heavy atom. The van der Waals surface area contributed by atoms with Crippen molar-refractivity contribution in [2.24, 2.45) is 17.4 Å². The predicted molar refractivity (Wildman–Crippen MR) is 161 cm³/mol. The first-order valence-corrected chi connectivity index (χ1v) is 15.1. The maximum atomic E-state index is 11.4. The number of rotatable bonds is 10. The highest BCUT2D eigenvalue weighted by Crippen LogP contribution is 2.30. The Labute approximate surface area is 247 Å². The highest BCUT2D eigenvalue weighted by molar-refractivity contribution is 5.70. The fourth-order valence-corrected chi connectivity index (χ4v) is 6.38. The van der Waals surface area contributed by atoms with Crippen LogP contribution in [0.15, 0.2) is 52.4 Å². The standard InChI is InChI=1S/C31H45N7O4/c1-21(2)24(18-39)28-17-29(36-42-28)41-15-14-37-12-8-22(9-13-37)38-11-5-10-31(20-38)19-34-30(33)26(35-31)16-25(32)23-6-3-4-7-27(23)40/h3-4,6-7,16-18,21-22,24,34-35,40H,5,8-15,19-20,32-33H2,1-2H3/b25-16-/t24-,31?/m1/s1. The maximum Gasteiger partial charge on any atom is 0.254 e. The van der Waals surface area contributed by atoms with E-state index in [1.54, 1.807) is 24.3 Å². The van der Waals surface area contributed by atoms with E-state index in [0.29, 0.717) is 41.4 Å². The van der Waals surface area contributed by atoms with Crippen molar-refractivity contribution in [1.82, 2.24) is 25.6 Å². The molecule has 11 heteroatoms. The number of nitrogens with one attached hydrogen (secondary N) is 2. The number of allylic oxidation sites excluding steroid dienone is 1. The average Bonchev–Trinajstić information content (AvgIpc) is 3.44. The smallest absolute Gasteiger partial charge is 0.254 e. The average molecular weight is 580 g/mol. The van der Waals surface area contributed by atoms with Crippen LogP contribution in [0.1, 0.15) is 56.8 Å². The van der Waals surface area contributed by atoms with Gasteiger partial charge >= 0.3 is 0 Å². The molecule has 5 rings (SSSR count). The Kier molecular flexibility index (Phi) is 9.27. The van der Waals surface area contributed by atoms with Gasteiger partial charge in [-0.25, -0.2) is 0 Å². The van der Waals surface area contributed by atoms with Crippen LogP contribution in [0.3, 0.4) is 0 Å². The fourth-order valence-electron chi connectivity index (χ4n) is 6.38. The third kappa shape index (κ3) is 6.84. The number of likely N-dealkylation sites (tertiary alicyclic amines) is 2. The second kappa shape index (κ2) is 13.1. The zero-order valence-corrected chi connectivity index (χ0v) is 24.7. The number of benzene rings is 1. The summed E-state index contributed by atoms with van der Waals surface area (Å²) in [5.74, 6) is 1.54. The first kappa shape index (κ1) is 29.8. The van der Waals surface area contributed by atoms with Gasteiger partial charge in [-0.2, -0.15) is 0 Å². The molecule has 2 atom stereocenters. The molecule has 228 valence electrons. The molecule has 2 fully saturated rings. The third-order valence-electron chi connectivity index (χ3n) is 8.86. The molecule has 3 aliphatic rings. The second-order valence-corrected chi connectivity index (χ2v) is 12.2. The van der Waals surface area contributed by atoms with Gasteiger partial charge in [-0.15, -0.1) is 0 Å². The van der Waals surface area contributed by atoms with Crippen molar-refractivity contribution in [1.29, 1.82) is 0 Å². The van der Waals surface area contributed by atoms with Crippen molar-refractivity contribution in [3.63, 3.8) is 0 Å². The molecule has 1 aromatic heterocycles. The summed E-state index contributed by atoms with van der Waals surface area (Å²) in [6.45, 7) is 10.1. The lowest BCUT2D eigenvalue weighted by molar-refractivity contribution is -0.110. The van der Waals surface area contributed by atoms with Gasteiger partial charge in [0.15, 0.2) is 5.76 Å². The number of nitrogens with two attached hydrogens (primary N) is 2. The van der Waals surface area contributed by atoms with E-state index >= 15 is 0 Å². The van der Waals surface area contributed by atoms with Crippen LogP contribution in [-0.2, 0) is 4.79 Å². The molecule has 1 spiro atoms. The molecule has 0 amide bonds. The molecule has 0 radical (unpaired) electrons. The van der Waals surface area contributed by atoms with Gasteiger partial charge in [0.25, 0.3) is 5.88 Å². The lowest BCUT2D eigenvalue weighted by Gasteiger charge is -2.50. The Hall–Kier alpha value is -3.70. The zero-order chi connectivity index (χ0) is 29.7. The number of aromatic hydroxyl groups is 1. The third-order valence-corrected chi connectivity index (χ3v) is 8.86. The number of aldehydes is 1. The number of nitrogens with zero attached hydrogens (tertiary/aromatic N) is 3. The normalized spacial score (nSPS) is 23.5. The predicted octanol–water partition coefficient (Wildman–Crippen LogP) is 2.32. The number of carbonyl (C=O) groups is 1. The molecule has 11 nitrogen and oxygen atoms in total. The monoisotopic (exact) mass is 579 g/mol. The van der Waals surface area contributed by atoms with Crippen LogP contribution in [0.2, 0.25) is 0 Å². The number of phenolic OH excluding ortho intramolecular Hbond substituents is 1. The van der Waals surface area contributed by atoms with Crippen LogP contribution in [0.25, 0.3) is 5.70 Å². The topological polar surface area (TPSA) is 155 Å². The Morgan fingerprint density at radius 2 is 2.07 bits per heavy atom. The lowest BCUT2D eigenvalue weighted by atomic mass is 9.85. The van der Waals surface area contributed by atoms with E-state index in [2.05, 4.69) is 25.6 Å². The molecular formula is C31H45N7O4. The van der Waals surface area contributed by atoms with Crippen molar-refractivity contribution in [2.45, 2.75) is 57.0 Å². The number of piperidine rings is 2. The van der Waals surface area contributed by atoms with E-state index < -0.39 is 0 Å². The van der Waals surface area contributed by atoms with Crippen molar-refractivity contribution < 1.29 is 19.2 Å². The van der Waals surface area contributed by atoms with E-state index in [4.69, 9.17) is 20.7 Å².